The van der Waals surface area contributed by atoms with E-state index in [0.717, 1.165) is 35.1 Å². The van der Waals surface area contributed by atoms with Crippen LogP contribution >= 0.6 is 0 Å². The van der Waals surface area contributed by atoms with Gasteiger partial charge in [0.15, 0.2) is 0 Å². The molecule has 0 radical (unpaired) electrons. The number of rotatable bonds is 9. The largest absolute Gasteiger partial charge is 0.354 e. The molecule has 0 spiro atoms. The molecule has 1 N–H and O–H groups in total. The Morgan fingerprint density at radius 1 is 0.964 bits per heavy atom. The Morgan fingerprint density at radius 3 is 2.11 bits per heavy atom. The van der Waals surface area contributed by atoms with Crippen molar-refractivity contribution in [2.75, 3.05) is 6.54 Å². The molecular weight excluding hydrogens is 348 g/mol. The van der Waals surface area contributed by atoms with Crippen LogP contribution in [0.15, 0.2) is 48.5 Å². The topological polar surface area (TPSA) is 49.4 Å². The molecule has 4 heteroatoms. The van der Waals surface area contributed by atoms with Crippen LogP contribution in [-0.4, -0.2) is 29.3 Å². The lowest BCUT2D eigenvalue weighted by molar-refractivity contribution is -0.140. The smallest absolute Gasteiger partial charge is 0.242 e. The van der Waals surface area contributed by atoms with Crippen LogP contribution in [0.3, 0.4) is 0 Å². The summed E-state index contributed by atoms with van der Waals surface area (Å²) in [5.74, 6) is -0.129. The van der Waals surface area contributed by atoms with Crippen LogP contribution < -0.4 is 5.32 Å². The molecule has 0 aliphatic heterocycles. The zero-order chi connectivity index (χ0) is 20.5. The van der Waals surface area contributed by atoms with Crippen LogP contribution in [0.25, 0.3) is 0 Å². The molecule has 150 valence electrons. The number of carbonyl (C=O) groups is 2. The summed E-state index contributed by atoms with van der Waals surface area (Å²) in [7, 11) is 0. The highest BCUT2D eigenvalue weighted by Crippen LogP contribution is 2.16. The maximum Gasteiger partial charge on any atom is 0.242 e. The third-order valence-electron chi connectivity index (χ3n) is 5.20. The number of hydrogen-bond donors (Lipinski definition) is 1. The lowest BCUT2D eigenvalue weighted by atomic mass is 10.0. The van der Waals surface area contributed by atoms with E-state index in [1.807, 2.05) is 69.3 Å². The van der Waals surface area contributed by atoms with Gasteiger partial charge in [0.2, 0.25) is 11.8 Å². The summed E-state index contributed by atoms with van der Waals surface area (Å²) < 4.78 is 0. The Bertz CT molecular complexity index is 801. The molecule has 1 atom stereocenters. The predicted molar refractivity (Wildman–Crippen MR) is 114 cm³/mol. The monoisotopic (exact) mass is 380 g/mol. The number of aryl methyl sites for hydroxylation is 2. The van der Waals surface area contributed by atoms with Gasteiger partial charge in [-0.1, -0.05) is 61.9 Å². The Hall–Kier alpha value is -2.62. The van der Waals surface area contributed by atoms with Gasteiger partial charge in [0.1, 0.15) is 6.04 Å². The van der Waals surface area contributed by atoms with Crippen molar-refractivity contribution in [3.05, 3.63) is 70.8 Å². The number of hydrogen-bond acceptors (Lipinski definition) is 2. The fourth-order valence-corrected chi connectivity index (χ4v) is 3.16. The average Bonchev–Trinajstić information content (AvgIpc) is 2.68. The van der Waals surface area contributed by atoms with E-state index in [-0.39, 0.29) is 11.8 Å². The van der Waals surface area contributed by atoms with Crippen LogP contribution in [0, 0.1) is 13.8 Å². The highest BCUT2D eigenvalue weighted by atomic mass is 16.2. The zero-order valence-corrected chi connectivity index (χ0v) is 17.5. The van der Waals surface area contributed by atoms with E-state index in [4.69, 9.17) is 0 Å². The maximum absolute atomic E-state index is 13.2. The van der Waals surface area contributed by atoms with E-state index < -0.39 is 6.04 Å². The Kier molecular flexibility index (Phi) is 8.24. The summed E-state index contributed by atoms with van der Waals surface area (Å²) in [4.78, 5) is 27.6. The molecule has 4 nitrogen and oxygen atoms in total. The fraction of sp³-hybridized carbons (Fsp3) is 0.417. The summed E-state index contributed by atoms with van der Waals surface area (Å²) in [5.41, 5.74) is 4.27. The van der Waals surface area contributed by atoms with E-state index in [9.17, 15) is 9.59 Å². The molecule has 0 unspecified atom stereocenters. The highest BCUT2D eigenvalue weighted by Gasteiger charge is 2.26. The molecular formula is C24H32N2O2. The van der Waals surface area contributed by atoms with Crippen LogP contribution in [0.2, 0.25) is 0 Å². The van der Waals surface area contributed by atoms with E-state index in [1.165, 1.54) is 0 Å². The minimum atomic E-state index is -0.520. The number of nitrogens with one attached hydrogen (secondary N) is 1. The van der Waals surface area contributed by atoms with Gasteiger partial charge in [-0.3, -0.25) is 9.59 Å². The van der Waals surface area contributed by atoms with Crippen molar-refractivity contribution in [1.29, 1.82) is 0 Å². The SMILES string of the molecule is CCCCNC(=O)[C@H](C)N(Cc1ccccc1C)C(=O)Cc1ccccc1C. The summed E-state index contributed by atoms with van der Waals surface area (Å²) in [6, 6.07) is 15.4. The number of carbonyl (C=O) groups excluding carboxylic acids is 2. The van der Waals surface area contributed by atoms with Gasteiger partial charge in [-0.05, 0) is 49.4 Å². The minimum Gasteiger partial charge on any atom is -0.354 e. The molecule has 0 aliphatic rings. The van der Waals surface area contributed by atoms with E-state index in [1.54, 1.807) is 4.90 Å². The number of nitrogens with zero attached hydrogens (tertiary/aromatic N) is 1. The van der Waals surface area contributed by atoms with Crippen molar-refractivity contribution in [3.63, 3.8) is 0 Å². The fourth-order valence-electron chi connectivity index (χ4n) is 3.16. The van der Waals surface area contributed by atoms with Gasteiger partial charge in [-0.25, -0.2) is 0 Å². The first-order valence-corrected chi connectivity index (χ1v) is 10.1. The molecule has 0 saturated carbocycles. The lowest BCUT2D eigenvalue weighted by Crippen LogP contribution is -2.48. The van der Waals surface area contributed by atoms with Gasteiger partial charge in [0.25, 0.3) is 0 Å². The summed E-state index contributed by atoms with van der Waals surface area (Å²) in [6.45, 7) is 9.02. The normalized spacial score (nSPS) is 11.7. The summed E-state index contributed by atoms with van der Waals surface area (Å²) >= 11 is 0. The molecule has 0 fully saturated rings. The van der Waals surface area contributed by atoms with Crippen molar-refractivity contribution in [3.8, 4) is 0 Å². The van der Waals surface area contributed by atoms with Crippen LogP contribution in [0.5, 0.6) is 0 Å². The van der Waals surface area contributed by atoms with Crippen molar-refractivity contribution in [2.24, 2.45) is 0 Å². The molecule has 0 aromatic heterocycles. The van der Waals surface area contributed by atoms with Gasteiger partial charge in [0.05, 0.1) is 6.42 Å². The van der Waals surface area contributed by atoms with Gasteiger partial charge in [0, 0.05) is 13.1 Å². The van der Waals surface area contributed by atoms with Crippen molar-refractivity contribution in [1.82, 2.24) is 10.2 Å². The second-order valence-corrected chi connectivity index (χ2v) is 7.37. The highest BCUT2D eigenvalue weighted by molar-refractivity contribution is 5.88. The van der Waals surface area contributed by atoms with Crippen molar-refractivity contribution in [2.45, 2.75) is 59.5 Å². The summed E-state index contributed by atoms with van der Waals surface area (Å²) in [6.07, 6.45) is 2.26. The Morgan fingerprint density at radius 2 is 1.54 bits per heavy atom. The van der Waals surface area contributed by atoms with Crippen LogP contribution in [-0.2, 0) is 22.6 Å². The van der Waals surface area contributed by atoms with E-state index in [2.05, 4.69) is 12.2 Å². The first-order chi connectivity index (χ1) is 13.4. The average molecular weight is 381 g/mol. The second-order valence-electron chi connectivity index (χ2n) is 7.37. The first-order valence-electron chi connectivity index (χ1n) is 10.1. The van der Waals surface area contributed by atoms with Crippen molar-refractivity contribution >= 4 is 11.8 Å². The number of unbranched alkanes of at least 4 members (excludes halogenated alkanes) is 1. The third kappa shape index (κ3) is 5.95. The summed E-state index contributed by atoms with van der Waals surface area (Å²) in [5, 5.41) is 2.96. The molecule has 2 amide bonds. The minimum absolute atomic E-state index is 0.0318. The zero-order valence-electron chi connectivity index (χ0n) is 17.5. The Labute approximate surface area is 169 Å². The van der Waals surface area contributed by atoms with Gasteiger partial charge < -0.3 is 10.2 Å². The first kappa shape index (κ1) is 21.7. The third-order valence-corrected chi connectivity index (χ3v) is 5.20. The molecule has 2 rings (SSSR count). The standard InChI is InChI=1S/C24H32N2O2/c1-5-6-15-25-24(28)20(4)26(17-22-14-10-8-12-19(22)3)23(27)16-21-13-9-7-11-18(21)2/h7-14,20H,5-6,15-17H2,1-4H3,(H,25,28)/t20-/m0/s1. The lowest BCUT2D eigenvalue weighted by Gasteiger charge is -2.29. The van der Waals surface area contributed by atoms with Crippen LogP contribution in [0.1, 0.15) is 48.9 Å². The molecule has 2 aromatic rings. The molecule has 0 saturated heterocycles. The van der Waals surface area contributed by atoms with Crippen molar-refractivity contribution < 1.29 is 9.59 Å². The van der Waals surface area contributed by atoms with E-state index >= 15 is 0 Å². The van der Waals surface area contributed by atoms with Gasteiger partial charge in [-0.2, -0.15) is 0 Å². The maximum atomic E-state index is 13.2. The molecule has 2 aromatic carbocycles. The van der Waals surface area contributed by atoms with Crippen LogP contribution in [0.4, 0.5) is 0 Å². The quantitative estimate of drug-likeness (QED) is 0.664. The number of benzene rings is 2. The molecule has 0 bridgehead atoms. The second kappa shape index (κ2) is 10.6. The molecule has 28 heavy (non-hydrogen) atoms. The van der Waals surface area contributed by atoms with Gasteiger partial charge >= 0.3 is 0 Å². The molecule has 0 aliphatic carbocycles. The van der Waals surface area contributed by atoms with Gasteiger partial charge in [-0.15, -0.1) is 0 Å². The number of amides is 2. The molecule has 0 heterocycles. The Balaban J connectivity index is 2.22. The predicted octanol–water partition coefficient (Wildman–Crippen LogP) is 4.18. The van der Waals surface area contributed by atoms with E-state index in [0.29, 0.717) is 19.5 Å².